The Kier molecular flexibility index (Phi) is 6.18. The van der Waals surface area contributed by atoms with Crippen molar-refractivity contribution in [3.63, 3.8) is 0 Å². The highest BCUT2D eigenvalue weighted by molar-refractivity contribution is 4.79. The molecular weight excluding hydrogens is 136 g/mol. The molecule has 2 nitrogen and oxygen atoms in total. The largest absolute Gasteiger partial charge is 0.294 e. The topological polar surface area (TPSA) is 6.48 Å². The van der Waals surface area contributed by atoms with Crippen molar-refractivity contribution in [1.82, 2.24) is 9.80 Å². The first-order valence-electron chi connectivity index (χ1n) is 4.19. The molecular formula is C9H20N2. The van der Waals surface area contributed by atoms with Crippen LogP contribution >= 0.6 is 0 Å². The van der Waals surface area contributed by atoms with E-state index < -0.39 is 0 Å². The van der Waals surface area contributed by atoms with E-state index in [1.807, 2.05) is 0 Å². The summed E-state index contributed by atoms with van der Waals surface area (Å²) in [6.07, 6.45) is 4.26. The van der Waals surface area contributed by atoms with Crippen molar-refractivity contribution in [2.75, 3.05) is 33.9 Å². The van der Waals surface area contributed by atoms with Gasteiger partial charge in [-0.05, 0) is 27.6 Å². The minimum atomic E-state index is 1.04. The van der Waals surface area contributed by atoms with Crippen LogP contribution in [0.3, 0.4) is 0 Å². The van der Waals surface area contributed by atoms with Crippen LogP contribution in [-0.4, -0.2) is 43.7 Å². The van der Waals surface area contributed by atoms with Gasteiger partial charge in [-0.15, -0.1) is 0 Å². The number of nitrogens with zero attached hydrogens (tertiary/aromatic N) is 2. The van der Waals surface area contributed by atoms with E-state index in [2.05, 4.69) is 49.9 Å². The molecule has 0 amide bonds. The van der Waals surface area contributed by atoms with Crippen LogP contribution in [0.1, 0.15) is 13.8 Å². The first-order valence-corrected chi connectivity index (χ1v) is 4.19. The van der Waals surface area contributed by atoms with Gasteiger partial charge in [-0.25, -0.2) is 0 Å². The van der Waals surface area contributed by atoms with Crippen molar-refractivity contribution >= 4 is 0 Å². The van der Waals surface area contributed by atoms with Crippen LogP contribution < -0.4 is 0 Å². The maximum absolute atomic E-state index is 2.28. The highest BCUT2D eigenvalue weighted by Gasteiger charge is 1.97. The van der Waals surface area contributed by atoms with E-state index in [1.54, 1.807) is 0 Å². The molecule has 11 heavy (non-hydrogen) atoms. The van der Waals surface area contributed by atoms with Gasteiger partial charge in [-0.2, -0.15) is 0 Å². The molecule has 0 aromatic carbocycles. The summed E-state index contributed by atoms with van der Waals surface area (Å²) in [7, 11) is 4.26. The minimum absolute atomic E-state index is 1.04. The van der Waals surface area contributed by atoms with E-state index in [0.29, 0.717) is 0 Å². The summed E-state index contributed by atoms with van der Waals surface area (Å²) in [5, 5.41) is 0. The normalized spacial score (nSPS) is 12.2. The van der Waals surface area contributed by atoms with Crippen LogP contribution in [-0.2, 0) is 0 Å². The third-order valence-corrected chi connectivity index (χ3v) is 1.68. The lowest BCUT2D eigenvalue weighted by Crippen LogP contribution is -2.32. The lowest BCUT2D eigenvalue weighted by molar-refractivity contribution is 0.203. The van der Waals surface area contributed by atoms with E-state index in [-0.39, 0.29) is 0 Å². The fourth-order valence-corrected chi connectivity index (χ4v) is 0.855. The molecule has 0 rings (SSSR count). The molecule has 0 aromatic heterocycles. The summed E-state index contributed by atoms with van der Waals surface area (Å²) < 4.78 is 0. The highest BCUT2D eigenvalue weighted by atomic mass is 15.3. The molecule has 0 aliphatic heterocycles. The fraction of sp³-hybridized carbons (Fsp3) is 0.778. The van der Waals surface area contributed by atoms with Gasteiger partial charge in [0.2, 0.25) is 0 Å². The van der Waals surface area contributed by atoms with Crippen molar-refractivity contribution in [3.05, 3.63) is 12.2 Å². The molecule has 0 radical (unpaired) electrons. The predicted octanol–water partition coefficient (Wildman–Crippen LogP) is 1.40. The molecule has 0 N–H and O–H groups in total. The molecule has 0 bridgehead atoms. The summed E-state index contributed by atoms with van der Waals surface area (Å²) in [6.45, 7) is 7.42. The molecule has 0 spiro atoms. The molecule has 0 aliphatic rings. The number of allylic oxidation sites excluding steroid dienone is 1. The van der Waals surface area contributed by atoms with E-state index in [9.17, 15) is 0 Å². The molecule has 0 unspecified atom stereocenters. The average molecular weight is 156 g/mol. The standard InChI is InChI=1S/C9H20N2/c1-5-7-8-11(4)9-10(3)6-2/h5,7H,6,8-9H2,1-4H3/b7-5-. The molecule has 0 saturated carbocycles. The summed E-state index contributed by atoms with van der Waals surface area (Å²) in [6, 6.07) is 0. The lowest BCUT2D eigenvalue weighted by atomic mass is 10.5. The van der Waals surface area contributed by atoms with Crippen molar-refractivity contribution in [2.45, 2.75) is 13.8 Å². The van der Waals surface area contributed by atoms with Gasteiger partial charge in [0.15, 0.2) is 0 Å². The Labute approximate surface area is 70.5 Å². The zero-order valence-electron chi connectivity index (χ0n) is 8.17. The zero-order valence-corrected chi connectivity index (χ0v) is 8.17. The quantitative estimate of drug-likeness (QED) is 0.438. The average Bonchev–Trinajstić information content (AvgIpc) is 2.00. The Morgan fingerprint density at radius 3 is 2.27 bits per heavy atom. The lowest BCUT2D eigenvalue weighted by Gasteiger charge is -2.21. The van der Waals surface area contributed by atoms with Gasteiger partial charge < -0.3 is 0 Å². The molecule has 0 fully saturated rings. The second kappa shape index (κ2) is 6.38. The van der Waals surface area contributed by atoms with Crippen LogP contribution in [0.25, 0.3) is 0 Å². The van der Waals surface area contributed by atoms with E-state index >= 15 is 0 Å². The Hall–Kier alpha value is -0.340. The molecule has 0 aliphatic carbocycles. The summed E-state index contributed by atoms with van der Waals surface area (Å²) in [5.74, 6) is 0. The molecule has 0 saturated heterocycles. The van der Waals surface area contributed by atoms with Crippen molar-refractivity contribution in [1.29, 1.82) is 0 Å². The van der Waals surface area contributed by atoms with Gasteiger partial charge >= 0.3 is 0 Å². The van der Waals surface area contributed by atoms with Crippen LogP contribution in [0.2, 0.25) is 0 Å². The van der Waals surface area contributed by atoms with Crippen molar-refractivity contribution in [2.24, 2.45) is 0 Å². The van der Waals surface area contributed by atoms with Crippen molar-refractivity contribution in [3.8, 4) is 0 Å². The Bertz CT molecular complexity index is 110. The summed E-state index contributed by atoms with van der Waals surface area (Å²) in [4.78, 5) is 4.56. The first kappa shape index (κ1) is 10.7. The molecule has 0 heterocycles. The SMILES string of the molecule is C/C=C\CN(C)CN(C)CC. The van der Waals surface area contributed by atoms with Gasteiger partial charge in [-0.1, -0.05) is 19.1 Å². The molecule has 2 heteroatoms. The van der Waals surface area contributed by atoms with Gasteiger partial charge in [0.25, 0.3) is 0 Å². The number of likely N-dealkylation sites (N-methyl/N-ethyl adjacent to an activating group) is 1. The monoisotopic (exact) mass is 156 g/mol. The third kappa shape index (κ3) is 6.07. The van der Waals surface area contributed by atoms with Gasteiger partial charge in [0, 0.05) is 6.54 Å². The van der Waals surface area contributed by atoms with E-state index in [0.717, 1.165) is 19.8 Å². The Morgan fingerprint density at radius 2 is 1.82 bits per heavy atom. The maximum Gasteiger partial charge on any atom is 0.0503 e. The number of rotatable bonds is 5. The van der Waals surface area contributed by atoms with Gasteiger partial charge in [0.1, 0.15) is 0 Å². The minimum Gasteiger partial charge on any atom is -0.294 e. The third-order valence-electron chi connectivity index (χ3n) is 1.68. The molecule has 0 aromatic rings. The van der Waals surface area contributed by atoms with Crippen LogP contribution in [0, 0.1) is 0 Å². The van der Waals surface area contributed by atoms with Gasteiger partial charge in [-0.3, -0.25) is 9.80 Å². The summed E-state index contributed by atoms with van der Waals surface area (Å²) in [5.41, 5.74) is 0. The second-order valence-electron chi connectivity index (χ2n) is 2.92. The maximum atomic E-state index is 2.28. The number of hydrogen-bond acceptors (Lipinski definition) is 2. The second-order valence-corrected chi connectivity index (χ2v) is 2.92. The predicted molar refractivity (Wildman–Crippen MR) is 50.6 cm³/mol. The Balaban J connectivity index is 3.42. The molecule has 66 valence electrons. The zero-order chi connectivity index (χ0) is 8.69. The smallest absolute Gasteiger partial charge is 0.0503 e. The van der Waals surface area contributed by atoms with Crippen molar-refractivity contribution < 1.29 is 0 Å². The van der Waals surface area contributed by atoms with Crippen LogP contribution in [0.15, 0.2) is 12.2 Å². The van der Waals surface area contributed by atoms with E-state index in [4.69, 9.17) is 0 Å². The fourth-order valence-electron chi connectivity index (χ4n) is 0.855. The number of hydrogen-bond donors (Lipinski definition) is 0. The van der Waals surface area contributed by atoms with Crippen LogP contribution in [0.4, 0.5) is 0 Å². The first-order chi connectivity index (χ1) is 5.20. The Morgan fingerprint density at radius 1 is 1.18 bits per heavy atom. The molecule has 0 atom stereocenters. The summed E-state index contributed by atoms with van der Waals surface area (Å²) >= 11 is 0. The van der Waals surface area contributed by atoms with Gasteiger partial charge in [0.05, 0.1) is 6.67 Å². The highest BCUT2D eigenvalue weighted by Crippen LogP contribution is 1.87. The van der Waals surface area contributed by atoms with E-state index in [1.165, 1.54) is 0 Å². The van der Waals surface area contributed by atoms with Crippen LogP contribution in [0.5, 0.6) is 0 Å².